The second-order valence-electron chi connectivity index (χ2n) is 4.63. The molecule has 0 aromatic heterocycles. The Labute approximate surface area is 96.3 Å². The zero-order chi connectivity index (χ0) is 11.3. The summed E-state index contributed by atoms with van der Waals surface area (Å²) < 4.78 is 0. The van der Waals surface area contributed by atoms with E-state index in [-0.39, 0.29) is 0 Å². The first-order valence-electron chi connectivity index (χ1n) is 5.60. The molecule has 2 nitrogen and oxygen atoms in total. The van der Waals surface area contributed by atoms with Crippen LogP contribution in [0, 0.1) is 5.41 Å². The van der Waals surface area contributed by atoms with Gasteiger partial charge in [0.2, 0.25) is 0 Å². The lowest BCUT2D eigenvalue weighted by Crippen LogP contribution is -2.30. The van der Waals surface area contributed by atoms with Gasteiger partial charge in [0, 0.05) is 5.54 Å². The van der Waals surface area contributed by atoms with Gasteiger partial charge in [0.25, 0.3) is 0 Å². The molecule has 0 radical (unpaired) electrons. The molecule has 0 heterocycles. The van der Waals surface area contributed by atoms with E-state index >= 15 is 0 Å². The third-order valence-electron chi connectivity index (χ3n) is 3.32. The number of aliphatic carboxylic acids is 1. The van der Waals surface area contributed by atoms with Crippen molar-refractivity contribution < 1.29 is 9.90 Å². The molecule has 0 aromatic rings. The summed E-state index contributed by atoms with van der Waals surface area (Å²) in [6.45, 7) is 1.91. The molecule has 15 heavy (non-hydrogen) atoms. The van der Waals surface area contributed by atoms with Gasteiger partial charge in [0.15, 0.2) is 0 Å². The van der Waals surface area contributed by atoms with Crippen molar-refractivity contribution in [2.24, 2.45) is 5.41 Å². The van der Waals surface area contributed by atoms with Gasteiger partial charge in [-0.2, -0.15) is 0 Å². The second kappa shape index (κ2) is 5.55. The highest BCUT2D eigenvalue weighted by Gasteiger charge is 2.38. The number of carboxylic acid groups (broad SMARTS) is 1. The first-order valence-corrected chi connectivity index (χ1v) is 6.04. The summed E-state index contributed by atoms with van der Waals surface area (Å²) in [7, 11) is 0. The van der Waals surface area contributed by atoms with Gasteiger partial charge in [0.1, 0.15) is 0 Å². The lowest BCUT2D eigenvalue weighted by molar-refractivity contribution is -0.149. The number of carboxylic acids is 1. The summed E-state index contributed by atoms with van der Waals surface area (Å²) >= 11 is 5.62. The van der Waals surface area contributed by atoms with Crippen molar-refractivity contribution in [2.45, 2.75) is 51.9 Å². The molecule has 86 valence electrons. The molecule has 0 aromatic carbocycles. The van der Waals surface area contributed by atoms with E-state index in [1.54, 1.807) is 0 Å². The molecule has 0 bridgehead atoms. The smallest absolute Gasteiger partial charge is 0.309 e. The monoisotopic (exact) mass is 230 g/mol. The molecule has 1 saturated carbocycles. The zero-order valence-corrected chi connectivity index (χ0v) is 10.0. The van der Waals surface area contributed by atoms with Gasteiger partial charge in [-0.1, -0.05) is 42.9 Å². The third kappa shape index (κ3) is 3.23. The van der Waals surface area contributed by atoms with Gasteiger partial charge in [-0.3, -0.25) is 4.79 Å². The van der Waals surface area contributed by atoms with Crippen LogP contribution in [0.15, 0.2) is 11.1 Å². The Kier molecular flexibility index (Phi) is 4.65. The number of halogens is 1. The summed E-state index contributed by atoms with van der Waals surface area (Å²) in [5, 5.41) is 9.39. The van der Waals surface area contributed by atoms with E-state index in [1.807, 2.05) is 6.92 Å². The molecule has 1 rings (SSSR count). The van der Waals surface area contributed by atoms with E-state index in [1.165, 1.54) is 18.4 Å². The summed E-state index contributed by atoms with van der Waals surface area (Å²) in [4.78, 5) is 11.4. The fraction of sp³-hybridized carbons (Fsp3) is 0.750. The van der Waals surface area contributed by atoms with Gasteiger partial charge in [-0.05, 0) is 26.2 Å². The number of carbonyl (C=O) groups is 1. The maximum atomic E-state index is 11.4. The van der Waals surface area contributed by atoms with Crippen LogP contribution in [0.5, 0.6) is 0 Å². The molecule has 3 heteroatoms. The molecule has 1 N–H and O–H groups in total. The lowest BCUT2D eigenvalue weighted by Gasteiger charge is -2.28. The third-order valence-corrected chi connectivity index (χ3v) is 3.69. The Morgan fingerprint density at radius 1 is 1.33 bits per heavy atom. The number of allylic oxidation sites excluding steroid dienone is 1. The van der Waals surface area contributed by atoms with E-state index in [0.29, 0.717) is 6.42 Å². The summed E-state index contributed by atoms with van der Waals surface area (Å²) in [6, 6.07) is 0. The van der Waals surface area contributed by atoms with E-state index in [2.05, 4.69) is 0 Å². The van der Waals surface area contributed by atoms with Crippen molar-refractivity contribution in [1.82, 2.24) is 0 Å². The Morgan fingerprint density at radius 3 is 2.27 bits per heavy atom. The van der Waals surface area contributed by atoms with Gasteiger partial charge in [-0.15, -0.1) is 0 Å². The Morgan fingerprint density at radius 2 is 1.87 bits per heavy atom. The van der Waals surface area contributed by atoms with Crippen molar-refractivity contribution in [3.05, 3.63) is 11.1 Å². The minimum absolute atomic E-state index is 0.550. The quantitative estimate of drug-likeness (QED) is 0.746. The fourth-order valence-electron chi connectivity index (χ4n) is 2.44. The van der Waals surface area contributed by atoms with Gasteiger partial charge in [-0.25, -0.2) is 0 Å². The van der Waals surface area contributed by atoms with Crippen LogP contribution < -0.4 is 0 Å². The van der Waals surface area contributed by atoms with Gasteiger partial charge < -0.3 is 5.11 Å². The number of hydrogen-bond acceptors (Lipinski definition) is 1. The highest BCUT2D eigenvalue weighted by atomic mass is 35.5. The summed E-state index contributed by atoms with van der Waals surface area (Å²) in [6.07, 6.45) is 6.59. The van der Waals surface area contributed by atoms with E-state index < -0.39 is 11.4 Å². The Balaban J connectivity index is 2.80. The average molecular weight is 231 g/mol. The molecule has 1 aliphatic carbocycles. The van der Waals surface area contributed by atoms with Gasteiger partial charge in [0.05, 0.1) is 5.41 Å². The number of hydrogen-bond donors (Lipinski definition) is 1. The molecule has 1 aliphatic rings. The predicted octanol–water partition coefficient (Wildman–Crippen LogP) is 3.94. The molecule has 1 fully saturated rings. The molecule has 0 saturated heterocycles. The normalized spacial score (nSPS) is 22.1. The van der Waals surface area contributed by atoms with Crippen molar-refractivity contribution in [1.29, 1.82) is 0 Å². The van der Waals surface area contributed by atoms with Crippen molar-refractivity contribution in [2.75, 3.05) is 0 Å². The largest absolute Gasteiger partial charge is 0.481 e. The summed E-state index contributed by atoms with van der Waals surface area (Å²) in [5.74, 6) is -0.651. The number of rotatable bonds is 3. The molecule has 0 amide bonds. The maximum absolute atomic E-state index is 11.4. The molecular formula is C12H19ClO2. The van der Waals surface area contributed by atoms with Crippen molar-refractivity contribution in [3.8, 4) is 0 Å². The van der Waals surface area contributed by atoms with Gasteiger partial charge >= 0.3 is 5.97 Å². The van der Waals surface area contributed by atoms with E-state index in [4.69, 9.17) is 11.6 Å². The Bertz CT molecular complexity index is 250. The van der Waals surface area contributed by atoms with Crippen molar-refractivity contribution >= 4 is 17.6 Å². The summed E-state index contributed by atoms with van der Waals surface area (Å²) in [5.41, 5.74) is 1.93. The Hall–Kier alpha value is -0.500. The zero-order valence-electron chi connectivity index (χ0n) is 9.26. The first-order chi connectivity index (χ1) is 7.10. The van der Waals surface area contributed by atoms with Crippen LogP contribution in [0.2, 0.25) is 0 Å². The second-order valence-corrected chi connectivity index (χ2v) is 4.85. The fourth-order valence-corrected chi connectivity index (χ4v) is 2.52. The lowest BCUT2D eigenvalue weighted by atomic mass is 9.76. The van der Waals surface area contributed by atoms with Crippen LogP contribution in [-0.4, -0.2) is 11.1 Å². The predicted molar refractivity (Wildman–Crippen MR) is 62.0 cm³/mol. The first kappa shape index (κ1) is 12.6. The molecule has 0 aliphatic heterocycles. The molecule has 0 atom stereocenters. The van der Waals surface area contributed by atoms with Crippen LogP contribution in [-0.2, 0) is 4.79 Å². The van der Waals surface area contributed by atoms with Crippen LogP contribution in [0.3, 0.4) is 0 Å². The van der Waals surface area contributed by atoms with E-state index in [9.17, 15) is 9.90 Å². The van der Waals surface area contributed by atoms with Crippen molar-refractivity contribution in [3.63, 3.8) is 0 Å². The molecular weight excluding hydrogens is 212 g/mol. The minimum atomic E-state index is -0.651. The van der Waals surface area contributed by atoms with E-state index in [0.717, 1.165) is 31.3 Å². The van der Waals surface area contributed by atoms with Crippen LogP contribution in [0.1, 0.15) is 51.9 Å². The molecule has 0 unspecified atom stereocenters. The SMILES string of the molecule is CC(=CCl)CC1(C(=O)O)CCCCCC1. The van der Waals surface area contributed by atoms with Crippen LogP contribution in [0.4, 0.5) is 0 Å². The highest BCUT2D eigenvalue weighted by molar-refractivity contribution is 6.25. The average Bonchev–Trinajstić information content (AvgIpc) is 2.44. The molecule has 0 spiro atoms. The van der Waals surface area contributed by atoms with Crippen LogP contribution >= 0.6 is 11.6 Å². The maximum Gasteiger partial charge on any atom is 0.309 e. The highest BCUT2D eigenvalue weighted by Crippen LogP contribution is 2.40. The minimum Gasteiger partial charge on any atom is -0.481 e. The topological polar surface area (TPSA) is 37.3 Å². The van der Waals surface area contributed by atoms with Crippen LogP contribution in [0.25, 0.3) is 0 Å². The standard InChI is InChI=1S/C12H19ClO2/c1-10(9-13)8-12(11(14)15)6-4-2-3-5-7-12/h9H,2-8H2,1H3,(H,14,15).